The highest BCUT2D eigenvalue weighted by atomic mass is 16.2. The van der Waals surface area contributed by atoms with Gasteiger partial charge in [-0.1, -0.05) is 48.0 Å². The molecule has 0 radical (unpaired) electrons. The molecule has 1 unspecified atom stereocenters. The van der Waals surface area contributed by atoms with E-state index >= 15 is 0 Å². The standard InChI is InChI=1S/C21H25N3O/c1-4-23(5-2)21-22-19(15-17-9-7-6-8-10-17)20(25)24(21)18-13-11-16(3)12-14-18/h6-14,19H,4-5,15H2,1-3H3. The molecule has 0 fully saturated rings. The number of hydrogen-bond donors (Lipinski definition) is 0. The lowest BCUT2D eigenvalue weighted by molar-refractivity contribution is -0.118. The van der Waals surface area contributed by atoms with Crippen molar-refractivity contribution in [2.45, 2.75) is 33.2 Å². The average molecular weight is 335 g/mol. The smallest absolute Gasteiger partial charge is 0.259 e. The summed E-state index contributed by atoms with van der Waals surface area (Å²) in [4.78, 5) is 21.9. The lowest BCUT2D eigenvalue weighted by Gasteiger charge is -2.27. The maximum absolute atomic E-state index is 13.1. The molecule has 4 heteroatoms. The molecule has 25 heavy (non-hydrogen) atoms. The van der Waals surface area contributed by atoms with E-state index in [4.69, 9.17) is 4.99 Å². The van der Waals surface area contributed by atoms with Crippen LogP contribution in [0.4, 0.5) is 5.69 Å². The fourth-order valence-corrected chi connectivity index (χ4v) is 3.14. The Kier molecular flexibility index (Phi) is 5.17. The van der Waals surface area contributed by atoms with Gasteiger partial charge in [-0.15, -0.1) is 0 Å². The van der Waals surface area contributed by atoms with E-state index in [1.165, 1.54) is 5.56 Å². The molecular weight excluding hydrogens is 310 g/mol. The van der Waals surface area contributed by atoms with Crippen molar-refractivity contribution in [1.29, 1.82) is 0 Å². The van der Waals surface area contributed by atoms with Gasteiger partial charge >= 0.3 is 0 Å². The lowest BCUT2D eigenvalue weighted by atomic mass is 10.1. The van der Waals surface area contributed by atoms with E-state index in [-0.39, 0.29) is 11.9 Å². The number of benzene rings is 2. The van der Waals surface area contributed by atoms with Gasteiger partial charge in [0.15, 0.2) is 0 Å². The third-order valence-corrected chi connectivity index (χ3v) is 4.59. The van der Waals surface area contributed by atoms with Crippen LogP contribution in [0.2, 0.25) is 0 Å². The molecule has 2 aromatic rings. The fourth-order valence-electron chi connectivity index (χ4n) is 3.14. The summed E-state index contributed by atoms with van der Waals surface area (Å²) in [7, 11) is 0. The predicted molar refractivity (Wildman–Crippen MR) is 103 cm³/mol. The Balaban J connectivity index is 1.94. The number of rotatable bonds is 5. The molecule has 1 amide bonds. The SMILES string of the molecule is CCN(CC)C1=NC(Cc2ccccc2)C(=O)N1c1ccc(C)cc1. The minimum atomic E-state index is -0.362. The zero-order chi connectivity index (χ0) is 17.8. The number of carbonyl (C=O) groups excluding carboxylic acids is 1. The van der Waals surface area contributed by atoms with Crippen LogP contribution in [-0.4, -0.2) is 35.9 Å². The average Bonchev–Trinajstić information content (AvgIpc) is 2.94. The van der Waals surface area contributed by atoms with Gasteiger partial charge in [0, 0.05) is 19.5 Å². The maximum atomic E-state index is 13.1. The second kappa shape index (κ2) is 7.51. The number of amides is 1. The van der Waals surface area contributed by atoms with E-state index in [1.54, 1.807) is 4.90 Å². The highest BCUT2D eigenvalue weighted by molar-refractivity contribution is 6.22. The first-order chi connectivity index (χ1) is 12.1. The van der Waals surface area contributed by atoms with Crippen molar-refractivity contribution in [2.24, 2.45) is 4.99 Å². The minimum absolute atomic E-state index is 0.0506. The monoisotopic (exact) mass is 335 g/mol. The Morgan fingerprint density at radius 1 is 1.00 bits per heavy atom. The molecule has 1 aliphatic heterocycles. The number of guanidine groups is 1. The summed E-state index contributed by atoms with van der Waals surface area (Å²) < 4.78 is 0. The van der Waals surface area contributed by atoms with Crippen LogP contribution in [-0.2, 0) is 11.2 Å². The first-order valence-corrected chi connectivity index (χ1v) is 8.91. The molecular formula is C21H25N3O. The van der Waals surface area contributed by atoms with Gasteiger partial charge in [0.25, 0.3) is 5.91 Å². The fraction of sp³-hybridized carbons (Fsp3) is 0.333. The van der Waals surface area contributed by atoms with E-state index in [2.05, 4.69) is 30.9 Å². The number of aliphatic imine (C=N–C) groups is 1. The lowest BCUT2D eigenvalue weighted by Crippen LogP contribution is -2.45. The van der Waals surface area contributed by atoms with Gasteiger partial charge in [-0.2, -0.15) is 0 Å². The van der Waals surface area contributed by atoms with Crippen molar-refractivity contribution in [3.63, 3.8) is 0 Å². The number of aryl methyl sites for hydroxylation is 1. The van der Waals surface area contributed by atoms with Gasteiger partial charge in [0.1, 0.15) is 6.04 Å². The number of hydrogen-bond acceptors (Lipinski definition) is 3. The molecule has 1 atom stereocenters. The molecule has 0 spiro atoms. The predicted octanol–water partition coefficient (Wildman–Crippen LogP) is 3.65. The van der Waals surface area contributed by atoms with Crippen molar-refractivity contribution in [3.05, 3.63) is 65.7 Å². The first-order valence-electron chi connectivity index (χ1n) is 8.91. The van der Waals surface area contributed by atoms with E-state index in [1.807, 2.05) is 49.4 Å². The second-order valence-corrected chi connectivity index (χ2v) is 6.32. The molecule has 0 N–H and O–H groups in total. The molecule has 2 aromatic carbocycles. The van der Waals surface area contributed by atoms with Gasteiger partial charge in [0.2, 0.25) is 5.96 Å². The van der Waals surface area contributed by atoms with E-state index in [0.717, 1.165) is 30.3 Å². The summed E-state index contributed by atoms with van der Waals surface area (Å²) in [5, 5.41) is 0. The van der Waals surface area contributed by atoms with Gasteiger partial charge < -0.3 is 4.90 Å². The zero-order valence-corrected chi connectivity index (χ0v) is 15.1. The van der Waals surface area contributed by atoms with Crippen LogP contribution in [0.15, 0.2) is 59.6 Å². The number of nitrogens with zero attached hydrogens (tertiary/aromatic N) is 3. The van der Waals surface area contributed by atoms with Crippen LogP contribution in [0.5, 0.6) is 0 Å². The minimum Gasteiger partial charge on any atom is -0.343 e. The summed E-state index contributed by atoms with van der Waals surface area (Å²) >= 11 is 0. The Bertz CT molecular complexity index is 748. The highest BCUT2D eigenvalue weighted by Gasteiger charge is 2.37. The van der Waals surface area contributed by atoms with Gasteiger partial charge in [-0.3, -0.25) is 4.79 Å². The summed E-state index contributed by atoms with van der Waals surface area (Å²) in [6, 6.07) is 17.8. The van der Waals surface area contributed by atoms with Gasteiger partial charge in [0.05, 0.1) is 5.69 Å². The Morgan fingerprint density at radius 3 is 2.24 bits per heavy atom. The van der Waals surface area contributed by atoms with Crippen molar-refractivity contribution in [2.75, 3.05) is 18.0 Å². The molecule has 0 aliphatic carbocycles. The van der Waals surface area contributed by atoms with Crippen LogP contribution in [0, 0.1) is 6.92 Å². The van der Waals surface area contributed by atoms with Crippen LogP contribution >= 0.6 is 0 Å². The van der Waals surface area contributed by atoms with Crippen molar-refractivity contribution in [3.8, 4) is 0 Å². The molecule has 0 bridgehead atoms. The van der Waals surface area contributed by atoms with Crippen molar-refractivity contribution < 1.29 is 4.79 Å². The van der Waals surface area contributed by atoms with Gasteiger partial charge in [-0.25, -0.2) is 9.89 Å². The normalized spacial score (nSPS) is 16.9. The molecule has 1 aliphatic rings. The molecule has 130 valence electrons. The van der Waals surface area contributed by atoms with Crippen molar-refractivity contribution in [1.82, 2.24) is 4.90 Å². The van der Waals surface area contributed by atoms with Crippen molar-refractivity contribution >= 4 is 17.6 Å². The third-order valence-electron chi connectivity index (χ3n) is 4.59. The summed E-state index contributed by atoms with van der Waals surface area (Å²) in [6.45, 7) is 7.88. The second-order valence-electron chi connectivity index (χ2n) is 6.32. The summed E-state index contributed by atoms with van der Waals surface area (Å²) in [5.41, 5.74) is 3.20. The maximum Gasteiger partial charge on any atom is 0.259 e. The Hall–Kier alpha value is -2.62. The van der Waals surface area contributed by atoms with Crippen LogP contribution in [0.1, 0.15) is 25.0 Å². The zero-order valence-electron chi connectivity index (χ0n) is 15.1. The van der Waals surface area contributed by atoms with E-state index in [9.17, 15) is 4.79 Å². The number of carbonyl (C=O) groups is 1. The van der Waals surface area contributed by atoms with Gasteiger partial charge in [-0.05, 0) is 38.5 Å². The summed E-state index contributed by atoms with van der Waals surface area (Å²) in [5.74, 6) is 0.814. The quantitative estimate of drug-likeness (QED) is 0.836. The molecule has 4 nitrogen and oxygen atoms in total. The van der Waals surface area contributed by atoms with E-state index < -0.39 is 0 Å². The largest absolute Gasteiger partial charge is 0.343 e. The summed E-state index contributed by atoms with van der Waals surface area (Å²) in [6.07, 6.45) is 0.632. The highest BCUT2D eigenvalue weighted by Crippen LogP contribution is 2.25. The first kappa shape index (κ1) is 17.2. The molecule has 3 rings (SSSR count). The van der Waals surface area contributed by atoms with Crippen LogP contribution in [0.3, 0.4) is 0 Å². The third kappa shape index (κ3) is 3.58. The molecule has 1 heterocycles. The molecule has 0 saturated carbocycles. The molecule has 0 aromatic heterocycles. The Morgan fingerprint density at radius 2 is 1.64 bits per heavy atom. The van der Waals surface area contributed by atoms with Crippen LogP contribution < -0.4 is 4.90 Å². The van der Waals surface area contributed by atoms with E-state index in [0.29, 0.717) is 6.42 Å². The number of anilines is 1. The van der Waals surface area contributed by atoms with Crippen LogP contribution in [0.25, 0.3) is 0 Å². The molecule has 0 saturated heterocycles. The Labute approximate surface area is 149 Å². The topological polar surface area (TPSA) is 35.9 Å².